The molecule has 2 aromatic heterocycles. The molecule has 0 fully saturated rings. The molecule has 0 atom stereocenters. The monoisotopic (exact) mass is 269 g/mol. The second-order valence-electron chi connectivity index (χ2n) is 4.53. The number of rotatable bonds is 3. The van der Waals surface area contributed by atoms with Crippen LogP contribution >= 0.6 is 0 Å². The Hall–Kier alpha value is -2.63. The number of hydrogen-bond donors (Lipinski definition) is 2. The van der Waals surface area contributed by atoms with Crippen LogP contribution in [0, 0.1) is 13.8 Å². The van der Waals surface area contributed by atoms with Gasteiger partial charge in [0.05, 0.1) is 6.20 Å². The zero-order valence-corrected chi connectivity index (χ0v) is 11.6. The van der Waals surface area contributed by atoms with Crippen LogP contribution in [-0.4, -0.2) is 27.2 Å². The number of nitrogens with one attached hydrogen (secondary N) is 2. The van der Waals surface area contributed by atoms with E-state index in [1.807, 2.05) is 19.1 Å². The number of aromatic nitrogens is 4. The van der Waals surface area contributed by atoms with Gasteiger partial charge in [-0.15, -0.1) is 0 Å². The topological polar surface area (TPSA) is 75.7 Å². The fraction of sp³-hybridized carbons (Fsp3) is 0.214. The smallest absolute Gasteiger partial charge is 0.235 e. The van der Waals surface area contributed by atoms with E-state index >= 15 is 0 Å². The number of fused-ring (bicyclic) bond motifs is 1. The molecule has 0 aliphatic heterocycles. The first kappa shape index (κ1) is 12.4. The highest BCUT2D eigenvalue weighted by Gasteiger charge is 2.12. The van der Waals surface area contributed by atoms with Crippen LogP contribution in [0.2, 0.25) is 0 Å². The lowest BCUT2D eigenvalue weighted by molar-refractivity contribution is 0.465. The first-order valence-electron chi connectivity index (χ1n) is 6.32. The van der Waals surface area contributed by atoms with Crippen LogP contribution in [0.3, 0.4) is 0 Å². The second-order valence-corrected chi connectivity index (χ2v) is 4.53. The van der Waals surface area contributed by atoms with Crippen molar-refractivity contribution >= 4 is 17.0 Å². The summed E-state index contributed by atoms with van der Waals surface area (Å²) < 4.78 is 5.95. The molecule has 0 unspecified atom stereocenters. The van der Waals surface area contributed by atoms with E-state index in [-0.39, 0.29) is 0 Å². The Morgan fingerprint density at radius 3 is 2.85 bits per heavy atom. The van der Waals surface area contributed by atoms with Crippen LogP contribution < -0.4 is 10.1 Å². The first-order chi connectivity index (χ1) is 9.69. The van der Waals surface area contributed by atoms with E-state index in [4.69, 9.17) is 4.74 Å². The maximum atomic E-state index is 5.95. The number of H-pyrrole nitrogens is 1. The molecule has 6 nitrogen and oxygen atoms in total. The SMILES string of the molecule is CNc1nc(Oc2cccc(C)c2C)c2cn[nH]c2n1. The van der Waals surface area contributed by atoms with Gasteiger partial charge in [0.1, 0.15) is 11.1 Å². The second kappa shape index (κ2) is 4.80. The number of aryl methyl sites for hydroxylation is 1. The van der Waals surface area contributed by atoms with Gasteiger partial charge in [0, 0.05) is 7.05 Å². The molecule has 0 amide bonds. The van der Waals surface area contributed by atoms with Crippen LogP contribution in [0.15, 0.2) is 24.4 Å². The Bertz CT molecular complexity index is 765. The summed E-state index contributed by atoms with van der Waals surface area (Å²) in [6, 6.07) is 5.94. The standard InChI is InChI=1S/C14H15N5O/c1-8-5-4-6-11(9(8)2)20-13-10-7-16-19-12(10)17-14(15-3)18-13/h4-7H,1-3H3,(H2,15,16,17,18,19). The number of hydrogen-bond acceptors (Lipinski definition) is 5. The van der Waals surface area contributed by atoms with E-state index in [1.54, 1.807) is 13.2 Å². The van der Waals surface area contributed by atoms with Gasteiger partial charge >= 0.3 is 0 Å². The maximum Gasteiger partial charge on any atom is 0.235 e. The van der Waals surface area contributed by atoms with Crippen molar-refractivity contribution in [1.29, 1.82) is 0 Å². The van der Waals surface area contributed by atoms with Crippen LogP contribution in [0.4, 0.5) is 5.95 Å². The van der Waals surface area contributed by atoms with Crippen LogP contribution in [0.1, 0.15) is 11.1 Å². The van der Waals surface area contributed by atoms with Gasteiger partial charge in [-0.3, -0.25) is 5.10 Å². The number of anilines is 1. The molecule has 0 spiro atoms. The van der Waals surface area contributed by atoms with Crippen molar-refractivity contribution in [3.63, 3.8) is 0 Å². The average molecular weight is 269 g/mol. The molecule has 0 aliphatic carbocycles. The molecular formula is C14H15N5O. The summed E-state index contributed by atoms with van der Waals surface area (Å²) >= 11 is 0. The minimum atomic E-state index is 0.488. The van der Waals surface area contributed by atoms with Gasteiger partial charge in [-0.05, 0) is 31.0 Å². The maximum absolute atomic E-state index is 5.95. The fourth-order valence-electron chi connectivity index (χ4n) is 1.94. The zero-order chi connectivity index (χ0) is 14.1. The molecule has 0 bridgehead atoms. The fourth-order valence-corrected chi connectivity index (χ4v) is 1.94. The number of aromatic amines is 1. The molecule has 0 radical (unpaired) electrons. The number of benzene rings is 1. The molecule has 0 saturated carbocycles. The zero-order valence-electron chi connectivity index (χ0n) is 11.6. The molecule has 3 aromatic rings. The Labute approximate surface area is 116 Å². The highest BCUT2D eigenvalue weighted by atomic mass is 16.5. The van der Waals surface area contributed by atoms with Crippen molar-refractivity contribution < 1.29 is 4.74 Å². The lowest BCUT2D eigenvalue weighted by Gasteiger charge is -2.11. The summed E-state index contributed by atoms with van der Waals surface area (Å²) in [4.78, 5) is 8.63. The minimum Gasteiger partial charge on any atom is -0.438 e. The van der Waals surface area contributed by atoms with Crippen LogP contribution in [0.25, 0.3) is 11.0 Å². The highest BCUT2D eigenvalue weighted by molar-refractivity contribution is 5.81. The molecule has 0 aliphatic rings. The van der Waals surface area contributed by atoms with Gasteiger partial charge < -0.3 is 10.1 Å². The van der Waals surface area contributed by atoms with Crippen molar-refractivity contribution in [2.24, 2.45) is 0 Å². The van der Waals surface area contributed by atoms with Gasteiger partial charge in [-0.25, -0.2) is 0 Å². The lowest BCUT2D eigenvalue weighted by Crippen LogP contribution is -1.99. The summed E-state index contributed by atoms with van der Waals surface area (Å²) in [6.07, 6.45) is 1.66. The molecule has 1 aromatic carbocycles. The van der Waals surface area contributed by atoms with Gasteiger partial charge in [0.15, 0.2) is 5.65 Å². The van der Waals surface area contributed by atoms with E-state index in [0.717, 1.165) is 16.7 Å². The molecule has 2 N–H and O–H groups in total. The van der Waals surface area contributed by atoms with Crippen molar-refractivity contribution in [2.75, 3.05) is 12.4 Å². The summed E-state index contributed by atoms with van der Waals surface area (Å²) in [6.45, 7) is 4.08. The Morgan fingerprint density at radius 1 is 1.20 bits per heavy atom. The number of nitrogens with zero attached hydrogens (tertiary/aromatic N) is 3. The van der Waals surface area contributed by atoms with E-state index in [0.29, 0.717) is 17.5 Å². The van der Waals surface area contributed by atoms with Crippen molar-refractivity contribution in [1.82, 2.24) is 20.2 Å². The highest BCUT2D eigenvalue weighted by Crippen LogP contribution is 2.30. The third kappa shape index (κ3) is 2.05. The van der Waals surface area contributed by atoms with Gasteiger partial charge in [0.2, 0.25) is 11.8 Å². The van der Waals surface area contributed by atoms with Crippen molar-refractivity contribution in [3.8, 4) is 11.6 Å². The van der Waals surface area contributed by atoms with Gasteiger partial charge in [0.25, 0.3) is 0 Å². The van der Waals surface area contributed by atoms with Crippen LogP contribution in [-0.2, 0) is 0 Å². The van der Waals surface area contributed by atoms with E-state index < -0.39 is 0 Å². The number of ether oxygens (including phenoxy) is 1. The van der Waals surface area contributed by atoms with Crippen LogP contribution in [0.5, 0.6) is 11.6 Å². The molecule has 0 saturated heterocycles. The largest absolute Gasteiger partial charge is 0.438 e. The summed E-state index contributed by atoms with van der Waals surface area (Å²) in [5.41, 5.74) is 2.91. The van der Waals surface area contributed by atoms with Gasteiger partial charge in [-0.2, -0.15) is 15.1 Å². The minimum absolute atomic E-state index is 0.488. The molecular weight excluding hydrogens is 254 g/mol. The van der Waals surface area contributed by atoms with Gasteiger partial charge in [-0.1, -0.05) is 12.1 Å². The summed E-state index contributed by atoms with van der Waals surface area (Å²) in [5.74, 6) is 1.76. The molecule has 20 heavy (non-hydrogen) atoms. The van der Waals surface area contributed by atoms with E-state index in [2.05, 4.69) is 38.5 Å². The third-order valence-corrected chi connectivity index (χ3v) is 3.26. The van der Waals surface area contributed by atoms with Crippen molar-refractivity contribution in [3.05, 3.63) is 35.5 Å². The third-order valence-electron chi connectivity index (χ3n) is 3.26. The lowest BCUT2D eigenvalue weighted by atomic mass is 10.1. The molecule has 2 heterocycles. The van der Waals surface area contributed by atoms with E-state index in [9.17, 15) is 0 Å². The molecule has 102 valence electrons. The Balaban J connectivity index is 2.10. The predicted molar refractivity (Wildman–Crippen MR) is 77.2 cm³/mol. The quantitative estimate of drug-likeness (QED) is 0.764. The average Bonchev–Trinajstić information content (AvgIpc) is 2.92. The molecule has 6 heteroatoms. The van der Waals surface area contributed by atoms with Crippen molar-refractivity contribution in [2.45, 2.75) is 13.8 Å². The normalized spacial score (nSPS) is 10.8. The predicted octanol–water partition coefficient (Wildman–Crippen LogP) is 2.80. The summed E-state index contributed by atoms with van der Waals surface area (Å²) in [5, 5.41) is 10.5. The first-order valence-corrected chi connectivity index (χ1v) is 6.32. The van der Waals surface area contributed by atoms with E-state index in [1.165, 1.54) is 5.56 Å². The summed E-state index contributed by atoms with van der Waals surface area (Å²) in [7, 11) is 1.76. The Morgan fingerprint density at radius 2 is 2.05 bits per heavy atom. The Kier molecular flexibility index (Phi) is 2.98. The molecule has 3 rings (SSSR count).